The molecular weight excluding hydrogens is 256 g/mol. The first kappa shape index (κ1) is 13.9. The van der Waals surface area contributed by atoms with E-state index in [0.717, 1.165) is 12.2 Å². The Morgan fingerprint density at radius 3 is 2.62 bits per heavy atom. The highest BCUT2D eigenvalue weighted by molar-refractivity contribution is 5.83. The van der Waals surface area contributed by atoms with Gasteiger partial charge in [0.1, 0.15) is 5.82 Å². The summed E-state index contributed by atoms with van der Waals surface area (Å²) in [6.07, 6.45) is 8.14. The number of aryl methyl sites for hydroxylation is 1. The maximum atomic E-state index is 4.54. The van der Waals surface area contributed by atoms with Crippen LogP contribution >= 0.6 is 0 Å². The van der Waals surface area contributed by atoms with Gasteiger partial charge in [0.15, 0.2) is 0 Å². The first-order valence-corrected chi connectivity index (χ1v) is 7.91. The Labute approximate surface area is 126 Å². The van der Waals surface area contributed by atoms with Crippen molar-refractivity contribution in [3.63, 3.8) is 0 Å². The van der Waals surface area contributed by atoms with E-state index < -0.39 is 0 Å². The van der Waals surface area contributed by atoms with Gasteiger partial charge < -0.3 is 0 Å². The van der Waals surface area contributed by atoms with Crippen LogP contribution in [0.4, 0.5) is 0 Å². The zero-order chi connectivity index (χ0) is 14.5. The summed E-state index contributed by atoms with van der Waals surface area (Å²) in [5.41, 5.74) is 2.62. The van der Waals surface area contributed by atoms with Crippen LogP contribution in [0.25, 0.3) is 16.7 Å². The Morgan fingerprint density at radius 2 is 1.81 bits per heavy atom. The molecular formula is C19H22N2. The topological polar surface area (TPSA) is 17.8 Å². The number of pyridine rings is 1. The van der Waals surface area contributed by atoms with Crippen molar-refractivity contribution in [1.82, 2.24) is 9.55 Å². The van der Waals surface area contributed by atoms with Gasteiger partial charge in [0.25, 0.3) is 0 Å². The van der Waals surface area contributed by atoms with E-state index in [-0.39, 0.29) is 0 Å². The fourth-order valence-electron chi connectivity index (χ4n) is 2.89. The van der Waals surface area contributed by atoms with Gasteiger partial charge in [0, 0.05) is 17.3 Å². The standard InChI is InChI=1S/C19H22N2/c1-2-3-4-5-11-17-15-16-10-6-7-12-18(16)21(17)19-13-8-9-14-20-19/h6-10,12-15H,2-5,11H2,1H3. The Morgan fingerprint density at radius 1 is 0.952 bits per heavy atom. The molecule has 0 atom stereocenters. The fourth-order valence-corrected chi connectivity index (χ4v) is 2.89. The van der Waals surface area contributed by atoms with Crippen molar-refractivity contribution in [2.75, 3.05) is 0 Å². The number of para-hydroxylation sites is 1. The summed E-state index contributed by atoms with van der Waals surface area (Å²) in [5.74, 6) is 1.02. The van der Waals surface area contributed by atoms with Crippen LogP contribution in [0.3, 0.4) is 0 Å². The second kappa shape index (κ2) is 6.57. The van der Waals surface area contributed by atoms with Gasteiger partial charge in [0.2, 0.25) is 0 Å². The van der Waals surface area contributed by atoms with Crippen LogP contribution in [-0.4, -0.2) is 9.55 Å². The number of fused-ring (bicyclic) bond motifs is 1. The number of rotatable bonds is 6. The first-order valence-electron chi connectivity index (χ1n) is 7.91. The van der Waals surface area contributed by atoms with Gasteiger partial charge in [0.05, 0.1) is 5.52 Å². The maximum Gasteiger partial charge on any atom is 0.137 e. The molecule has 0 saturated carbocycles. The highest BCUT2D eigenvalue weighted by Gasteiger charge is 2.10. The molecule has 0 aliphatic carbocycles. The van der Waals surface area contributed by atoms with Crippen molar-refractivity contribution in [2.45, 2.75) is 39.0 Å². The van der Waals surface area contributed by atoms with Crippen LogP contribution in [-0.2, 0) is 6.42 Å². The van der Waals surface area contributed by atoms with Crippen LogP contribution in [0, 0.1) is 0 Å². The second-order valence-electron chi connectivity index (χ2n) is 5.53. The molecule has 2 aromatic heterocycles. The van der Waals surface area contributed by atoms with Gasteiger partial charge in [-0.25, -0.2) is 4.98 Å². The minimum Gasteiger partial charge on any atom is -0.298 e. The molecule has 108 valence electrons. The number of hydrogen-bond donors (Lipinski definition) is 0. The Hall–Kier alpha value is -2.09. The van der Waals surface area contributed by atoms with Crippen LogP contribution < -0.4 is 0 Å². The number of aromatic nitrogens is 2. The summed E-state index contributed by atoms with van der Waals surface area (Å²) in [5, 5.41) is 1.30. The highest BCUT2D eigenvalue weighted by atomic mass is 15.1. The number of hydrogen-bond acceptors (Lipinski definition) is 1. The molecule has 2 heteroatoms. The average molecular weight is 278 g/mol. The summed E-state index contributed by atoms with van der Waals surface area (Å²) in [4.78, 5) is 4.54. The molecule has 21 heavy (non-hydrogen) atoms. The average Bonchev–Trinajstić information content (AvgIpc) is 2.90. The third kappa shape index (κ3) is 2.99. The van der Waals surface area contributed by atoms with Crippen molar-refractivity contribution in [3.05, 3.63) is 60.4 Å². The molecule has 1 aromatic carbocycles. The lowest BCUT2D eigenvalue weighted by Gasteiger charge is -2.09. The van der Waals surface area contributed by atoms with Crippen molar-refractivity contribution in [1.29, 1.82) is 0 Å². The normalized spacial score (nSPS) is 11.1. The molecule has 0 unspecified atom stereocenters. The van der Waals surface area contributed by atoms with Crippen LogP contribution in [0.5, 0.6) is 0 Å². The summed E-state index contributed by atoms with van der Waals surface area (Å²) in [7, 11) is 0. The second-order valence-corrected chi connectivity index (χ2v) is 5.53. The minimum absolute atomic E-state index is 1.02. The van der Waals surface area contributed by atoms with Crippen molar-refractivity contribution < 1.29 is 0 Å². The van der Waals surface area contributed by atoms with E-state index in [2.05, 4.69) is 58.9 Å². The number of nitrogens with zero attached hydrogens (tertiary/aromatic N) is 2. The monoisotopic (exact) mass is 278 g/mol. The molecule has 0 radical (unpaired) electrons. The molecule has 0 spiro atoms. The van der Waals surface area contributed by atoms with Gasteiger partial charge in [-0.3, -0.25) is 4.57 Å². The SMILES string of the molecule is CCCCCCc1cc2ccccc2n1-c1ccccn1. The molecule has 0 aliphatic heterocycles. The molecule has 0 bridgehead atoms. The Kier molecular flexibility index (Phi) is 4.34. The van der Waals surface area contributed by atoms with Gasteiger partial charge in [-0.05, 0) is 37.1 Å². The van der Waals surface area contributed by atoms with E-state index >= 15 is 0 Å². The third-order valence-electron chi connectivity index (χ3n) is 3.95. The predicted molar refractivity (Wildman–Crippen MR) is 88.9 cm³/mol. The number of benzene rings is 1. The van der Waals surface area contributed by atoms with Crippen molar-refractivity contribution in [2.24, 2.45) is 0 Å². The molecule has 0 saturated heterocycles. The maximum absolute atomic E-state index is 4.54. The third-order valence-corrected chi connectivity index (χ3v) is 3.95. The molecule has 3 rings (SSSR count). The van der Waals surface area contributed by atoms with Gasteiger partial charge in [-0.2, -0.15) is 0 Å². The van der Waals surface area contributed by atoms with Crippen LogP contribution in [0.15, 0.2) is 54.7 Å². The predicted octanol–water partition coefficient (Wildman–Crippen LogP) is 5.15. The lowest BCUT2D eigenvalue weighted by atomic mass is 10.1. The Bertz CT molecular complexity index is 698. The zero-order valence-corrected chi connectivity index (χ0v) is 12.6. The molecule has 0 amide bonds. The van der Waals surface area contributed by atoms with Crippen molar-refractivity contribution in [3.8, 4) is 5.82 Å². The first-order chi connectivity index (χ1) is 10.4. The smallest absolute Gasteiger partial charge is 0.137 e. The fraction of sp³-hybridized carbons (Fsp3) is 0.316. The molecule has 0 fully saturated rings. The summed E-state index contributed by atoms with van der Waals surface area (Å²) in [6, 6.07) is 17.0. The highest BCUT2D eigenvalue weighted by Crippen LogP contribution is 2.24. The summed E-state index contributed by atoms with van der Waals surface area (Å²) >= 11 is 0. The molecule has 0 N–H and O–H groups in total. The zero-order valence-electron chi connectivity index (χ0n) is 12.6. The summed E-state index contributed by atoms with van der Waals surface area (Å²) in [6.45, 7) is 2.25. The van der Waals surface area contributed by atoms with E-state index in [4.69, 9.17) is 0 Å². The van der Waals surface area contributed by atoms with E-state index in [0.29, 0.717) is 0 Å². The van der Waals surface area contributed by atoms with E-state index in [1.807, 2.05) is 12.3 Å². The lowest BCUT2D eigenvalue weighted by molar-refractivity contribution is 0.656. The minimum atomic E-state index is 1.02. The number of unbranched alkanes of at least 4 members (excludes halogenated alkanes) is 3. The summed E-state index contributed by atoms with van der Waals surface area (Å²) < 4.78 is 2.31. The molecule has 0 aliphatic rings. The van der Waals surface area contributed by atoms with Gasteiger partial charge >= 0.3 is 0 Å². The van der Waals surface area contributed by atoms with Crippen LogP contribution in [0.1, 0.15) is 38.3 Å². The largest absolute Gasteiger partial charge is 0.298 e. The van der Waals surface area contributed by atoms with Gasteiger partial charge in [-0.15, -0.1) is 0 Å². The molecule has 2 nitrogen and oxygen atoms in total. The molecule has 3 aromatic rings. The van der Waals surface area contributed by atoms with E-state index in [9.17, 15) is 0 Å². The van der Waals surface area contributed by atoms with Gasteiger partial charge in [-0.1, -0.05) is 50.5 Å². The van der Waals surface area contributed by atoms with E-state index in [1.54, 1.807) is 0 Å². The lowest BCUT2D eigenvalue weighted by Crippen LogP contribution is -2.02. The quantitative estimate of drug-likeness (QED) is 0.570. The van der Waals surface area contributed by atoms with E-state index in [1.165, 1.54) is 42.3 Å². The Balaban J connectivity index is 1.98. The van der Waals surface area contributed by atoms with Crippen molar-refractivity contribution >= 4 is 10.9 Å². The van der Waals surface area contributed by atoms with Crippen LogP contribution in [0.2, 0.25) is 0 Å². The molecule has 2 heterocycles.